The zero-order valence-corrected chi connectivity index (χ0v) is 15.2. The van der Waals surface area contributed by atoms with E-state index in [-0.39, 0.29) is 0 Å². The normalized spacial score (nSPS) is 14.6. The second kappa shape index (κ2) is 6.89. The second-order valence-electron chi connectivity index (χ2n) is 7.01. The van der Waals surface area contributed by atoms with Gasteiger partial charge in [-0.3, -0.25) is 9.69 Å². The number of benzene rings is 1. The van der Waals surface area contributed by atoms with Crippen LogP contribution in [0.15, 0.2) is 42.3 Å². The molecule has 0 radical (unpaired) electrons. The maximum absolute atomic E-state index is 11.0. The molecule has 0 atom stereocenters. The van der Waals surface area contributed by atoms with Gasteiger partial charge in [0.2, 0.25) is 0 Å². The summed E-state index contributed by atoms with van der Waals surface area (Å²) in [5.74, 6) is -1.24. The molecule has 0 saturated heterocycles. The smallest absolute Gasteiger partial charge is 0.283 e. The van der Waals surface area contributed by atoms with E-state index in [1.807, 2.05) is 18.2 Å². The predicted molar refractivity (Wildman–Crippen MR) is 105 cm³/mol. The van der Waals surface area contributed by atoms with Crippen molar-refractivity contribution in [3.8, 4) is 0 Å². The van der Waals surface area contributed by atoms with E-state index in [1.54, 1.807) is 6.20 Å². The molecule has 27 heavy (non-hydrogen) atoms. The Labute approximate surface area is 157 Å². The van der Waals surface area contributed by atoms with Crippen molar-refractivity contribution in [1.82, 2.24) is 14.9 Å². The van der Waals surface area contributed by atoms with E-state index in [1.165, 1.54) is 33.8 Å². The van der Waals surface area contributed by atoms with Crippen LogP contribution in [0.1, 0.15) is 27.9 Å². The van der Waals surface area contributed by atoms with Crippen LogP contribution in [0.25, 0.3) is 17.1 Å². The number of aliphatic hydroxyl groups is 1. The Kier molecular flexibility index (Phi) is 4.41. The summed E-state index contributed by atoms with van der Waals surface area (Å²) in [4.78, 5) is 21.1. The standard InChI is InChI=1S/C21H22N4O2/c1-13-17(18-3-2-7-23-21(18)24-13)6-8-25-11-15-5-4-14(9-16(15)12-25)10-19(26)20(22)27/h2-5,7,9-10,26H,6,8,11-12H2,1H3,(H2,22,27)(H,23,24). The molecule has 3 heterocycles. The number of pyridine rings is 1. The van der Waals surface area contributed by atoms with Crippen LogP contribution in [0.3, 0.4) is 0 Å². The monoisotopic (exact) mass is 362 g/mol. The first-order chi connectivity index (χ1) is 13.0. The van der Waals surface area contributed by atoms with Gasteiger partial charge in [-0.25, -0.2) is 4.98 Å². The van der Waals surface area contributed by atoms with Crippen LogP contribution in [0, 0.1) is 6.92 Å². The average molecular weight is 362 g/mol. The van der Waals surface area contributed by atoms with Crippen molar-refractivity contribution < 1.29 is 9.90 Å². The number of hydrogen-bond donors (Lipinski definition) is 3. The molecule has 3 aromatic rings. The van der Waals surface area contributed by atoms with Crippen molar-refractivity contribution in [1.29, 1.82) is 0 Å². The molecule has 1 aliphatic rings. The number of aromatic nitrogens is 2. The zero-order chi connectivity index (χ0) is 19.0. The number of nitrogens with two attached hydrogens (primary N) is 1. The molecule has 6 nitrogen and oxygen atoms in total. The molecular formula is C21H22N4O2. The van der Waals surface area contributed by atoms with Crippen LogP contribution in [-0.4, -0.2) is 32.4 Å². The van der Waals surface area contributed by atoms with Crippen molar-refractivity contribution >= 4 is 23.0 Å². The van der Waals surface area contributed by atoms with Gasteiger partial charge in [-0.05, 0) is 59.9 Å². The molecule has 138 valence electrons. The number of amides is 1. The van der Waals surface area contributed by atoms with Crippen molar-refractivity contribution in [2.45, 2.75) is 26.4 Å². The summed E-state index contributed by atoms with van der Waals surface area (Å²) in [6.07, 6.45) is 4.18. The Morgan fingerprint density at radius 2 is 2.15 bits per heavy atom. The Morgan fingerprint density at radius 3 is 2.96 bits per heavy atom. The summed E-state index contributed by atoms with van der Waals surface area (Å²) in [5, 5.41) is 10.7. The maximum Gasteiger partial charge on any atom is 0.283 e. The van der Waals surface area contributed by atoms with Crippen molar-refractivity contribution in [3.05, 3.63) is 70.2 Å². The first-order valence-electron chi connectivity index (χ1n) is 8.98. The molecule has 0 unspecified atom stereocenters. The number of fused-ring (bicyclic) bond motifs is 2. The molecule has 1 aromatic carbocycles. The SMILES string of the molecule is Cc1[nH]c2ncccc2c1CCN1Cc2ccc(C=C(O)C(N)=O)cc2C1. The molecule has 0 saturated carbocycles. The van der Waals surface area contributed by atoms with Gasteiger partial charge in [0.25, 0.3) is 5.91 Å². The van der Waals surface area contributed by atoms with Gasteiger partial charge in [-0.1, -0.05) is 12.1 Å². The zero-order valence-electron chi connectivity index (χ0n) is 15.2. The van der Waals surface area contributed by atoms with E-state index in [2.05, 4.69) is 33.9 Å². The van der Waals surface area contributed by atoms with Gasteiger partial charge in [0.05, 0.1) is 0 Å². The number of aryl methyl sites for hydroxylation is 1. The first-order valence-corrected chi connectivity index (χ1v) is 8.98. The molecule has 4 N–H and O–H groups in total. The van der Waals surface area contributed by atoms with Crippen molar-refractivity contribution in [3.63, 3.8) is 0 Å². The third-order valence-corrected chi connectivity index (χ3v) is 5.14. The molecule has 0 fully saturated rings. The first kappa shape index (κ1) is 17.3. The molecule has 6 heteroatoms. The van der Waals surface area contributed by atoms with Crippen LogP contribution >= 0.6 is 0 Å². The Hall–Kier alpha value is -3.12. The molecule has 1 aliphatic heterocycles. The van der Waals surface area contributed by atoms with Gasteiger partial charge >= 0.3 is 0 Å². The number of primary amides is 1. The minimum absolute atomic E-state index is 0.423. The number of rotatable bonds is 5. The third kappa shape index (κ3) is 3.44. The summed E-state index contributed by atoms with van der Waals surface area (Å²) in [6.45, 7) is 4.81. The van der Waals surface area contributed by atoms with Gasteiger partial charge in [0.15, 0.2) is 5.76 Å². The lowest BCUT2D eigenvalue weighted by molar-refractivity contribution is -0.116. The van der Waals surface area contributed by atoms with Crippen LogP contribution in [0.5, 0.6) is 0 Å². The number of nitrogens with one attached hydrogen (secondary N) is 1. The number of H-pyrrole nitrogens is 1. The molecule has 1 amide bonds. The van der Waals surface area contributed by atoms with Gasteiger partial charge < -0.3 is 15.8 Å². The largest absolute Gasteiger partial charge is 0.503 e. The van der Waals surface area contributed by atoms with Gasteiger partial charge in [0.1, 0.15) is 5.65 Å². The number of aromatic amines is 1. The van der Waals surface area contributed by atoms with E-state index in [4.69, 9.17) is 5.73 Å². The molecule has 0 aliphatic carbocycles. The lowest BCUT2D eigenvalue weighted by atomic mass is 10.1. The highest BCUT2D eigenvalue weighted by atomic mass is 16.3. The third-order valence-electron chi connectivity index (χ3n) is 5.14. The minimum Gasteiger partial charge on any atom is -0.503 e. The number of carbonyl (C=O) groups is 1. The number of carbonyl (C=O) groups excluding carboxylic acids is 1. The topological polar surface area (TPSA) is 95.2 Å². The van der Waals surface area contributed by atoms with Gasteiger partial charge in [-0.15, -0.1) is 0 Å². The summed E-state index contributed by atoms with van der Waals surface area (Å²) in [7, 11) is 0. The van der Waals surface area contributed by atoms with Crippen LogP contribution in [-0.2, 0) is 24.3 Å². The fourth-order valence-corrected chi connectivity index (χ4v) is 3.76. The predicted octanol–water partition coefficient (Wildman–Crippen LogP) is 2.81. The highest BCUT2D eigenvalue weighted by Crippen LogP contribution is 2.26. The van der Waals surface area contributed by atoms with E-state index in [0.717, 1.165) is 37.3 Å². The molecule has 0 spiro atoms. The molecule has 0 bridgehead atoms. The Morgan fingerprint density at radius 1 is 1.33 bits per heavy atom. The summed E-state index contributed by atoms with van der Waals surface area (Å²) in [6, 6.07) is 10.0. The maximum atomic E-state index is 11.0. The molecule has 2 aromatic heterocycles. The quantitative estimate of drug-likeness (QED) is 0.480. The van der Waals surface area contributed by atoms with E-state index in [9.17, 15) is 9.90 Å². The van der Waals surface area contributed by atoms with E-state index < -0.39 is 11.7 Å². The Balaban J connectivity index is 1.46. The van der Waals surface area contributed by atoms with Gasteiger partial charge in [0, 0.05) is 36.9 Å². The van der Waals surface area contributed by atoms with Crippen LogP contribution < -0.4 is 5.73 Å². The average Bonchev–Trinajstić information content (AvgIpc) is 3.19. The number of nitrogens with zero attached hydrogens (tertiary/aromatic N) is 2. The molecule has 4 rings (SSSR count). The van der Waals surface area contributed by atoms with Crippen LogP contribution in [0.2, 0.25) is 0 Å². The lowest BCUT2D eigenvalue weighted by Crippen LogP contribution is -2.19. The minimum atomic E-state index is -0.819. The summed E-state index contributed by atoms with van der Waals surface area (Å²) >= 11 is 0. The van der Waals surface area contributed by atoms with Crippen molar-refractivity contribution in [2.24, 2.45) is 5.73 Å². The summed E-state index contributed by atoms with van der Waals surface area (Å²) < 4.78 is 0. The molecular weight excluding hydrogens is 340 g/mol. The van der Waals surface area contributed by atoms with Crippen LogP contribution in [0.4, 0.5) is 0 Å². The Bertz CT molecular complexity index is 1050. The number of aliphatic hydroxyl groups excluding tert-OH is 1. The fraction of sp³-hybridized carbons (Fsp3) is 0.238. The lowest BCUT2D eigenvalue weighted by Gasteiger charge is -2.14. The van der Waals surface area contributed by atoms with E-state index in [0.29, 0.717) is 0 Å². The number of hydrogen-bond acceptors (Lipinski definition) is 4. The van der Waals surface area contributed by atoms with Crippen molar-refractivity contribution in [2.75, 3.05) is 6.54 Å². The van der Waals surface area contributed by atoms with Gasteiger partial charge in [-0.2, -0.15) is 0 Å². The fourth-order valence-electron chi connectivity index (χ4n) is 3.76. The second-order valence-corrected chi connectivity index (χ2v) is 7.01. The highest BCUT2D eigenvalue weighted by Gasteiger charge is 2.20. The summed E-state index contributed by atoms with van der Waals surface area (Å²) in [5.41, 5.74) is 11.8. The highest BCUT2D eigenvalue weighted by molar-refractivity contribution is 5.94. The van der Waals surface area contributed by atoms with E-state index >= 15 is 0 Å².